The van der Waals surface area contributed by atoms with E-state index in [0.29, 0.717) is 11.7 Å². The summed E-state index contributed by atoms with van der Waals surface area (Å²) in [5.41, 5.74) is 0. The molecular weight excluding hydrogens is 200 g/mol. The van der Waals surface area contributed by atoms with E-state index in [1.807, 2.05) is 6.92 Å². The van der Waals surface area contributed by atoms with Crippen molar-refractivity contribution in [3.8, 4) is 0 Å². The minimum Gasteiger partial charge on any atom is -0.378 e. The largest absolute Gasteiger partial charge is 0.378 e. The Bertz CT molecular complexity index is 251. The van der Waals surface area contributed by atoms with Crippen LogP contribution in [0.5, 0.6) is 0 Å². The van der Waals surface area contributed by atoms with Crippen LogP contribution in [0.2, 0.25) is 0 Å². The number of hydrogen-bond acceptors (Lipinski definition) is 2. The third kappa shape index (κ3) is 2.48. The number of Topliss-reactive ketones (excluding diaryl/α,β-unsaturated/α-hetero) is 1. The monoisotopic (exact) mass is 224 g/mol. The number of carbonyl (C=O) groups is 1. The van der Waals surface area contributed by atoms with Gasteiger partial charge in [0, 0.05) is 18.4 Å². The Labute approximate surface area is 98.7 Å². The maximum atomic E-state index is 12.4. The Morgan fingerprint density at radius 3 is 2.19 bits per heavy atom. The van der Waals surface area contributed by atoms with Crippen LogP contribution in [0, 0.1) is 23.7 Å². The fourth-order valence-corrected chi connectivity index (χ4v) is 3.59. The number of rotatable bonds is 2. The predicted octanol–water partition coefficient (Wildman–Crippen LogP) is 3.05. The zero-order chi connectivity index (χ0) is 11.7. The van der Waals surface area contributed by atoms with Crippen LogP contribution in [-0.4, -0.2) is 18.5 Å². The molecular formula is C14H24O2. The summed E-state index contributed by atoms with van der Waals surface area (Å²) in [5, 5.41) is 0. The van der Waals surface area contributed by atoms with Gasteiger partial charge in [0.25, 0.3) is 0 Å². The van der Waals surface area contributed by atoms with E-state index in [2.05, 4.69) is 13.8 Å². The molecule has 2 heteroatoms. The summed E-state index contributed by atoms with van der Waals surface area (Å²) in [6.45, 7) is 7.38. The number of ketones is 1. The molecule has 92 valence electrons. The summed E-state index contributed by atoms with van der Waals surface area (Å²) in [6, 6.07) is 0. The number of hydrogen-bond donors (Lipinski definition) is 0. The van der Waals surface area contributed by atoms with Crippen LogP contribution in [0.3, 0.4) is 0 Å². The van der Waals surface area contributed by atoms with E-state index in [1.54, 1.807) is 0 Å². The minimum atomic E-state index is 0.153. The van der Waals surface area contributed by atoms with Gasteiger partial charge in [-0.25, -0.2) is 0 Å². The van der Waals surface area contributed by atoms with Crippen LogP contribution in [0.4, 0.5) is 0 Å². The molecule has 2 nitrogen and oxygen atoms in total. The lowest BCUT2D eigenvalue weighted by atomic mass is 9.72. The molecule has 0 spiro atoms. The quantitative estimate of drug-likeness (QED) is 0.720. The lowest BCUT2D eigenvalue weighted by Gasteiger charge is -2.32. The van der Waals surface area contributed by atoms with Crippen molar-refractivity contribution in [2.75, 3.05) is 6.61 Å². The van der Waals surface area contributed by atoms with Crippen molar-refractivity contribution in [1.82, 2.24) is 0 Å². The van der Waals surface area contributed by atoms with E-state index < -0.39 is 0 Å². The van der Waals surface area contributed by atoms with Gasteiger partial charge in [-0.1, -0.05) is 13.8 Å². The molecule has 2 fully saturated rings. The lowest BCUT2D eigenvalue weighted by molar-refractivity contribution is -0.130. The lowest BCUT2D eigenvalue weighted by Crippen LogP contribution is -2.33. The Morgan fingerprint density at radius 2 is 1.69 bits per heavy atom. The van der Waals surface area contributed by atoms with Gasteiger partial charge >= 0.3 is 0 Å². The molecule has 2 rings (SSSR count). The molecule has 0 radical (unpaired) electrons. The van der Waals surface area contributed by atoms with E-state index >= 15 is 0 Å². The summed E-state index contributed by atoms with van der Waals surface area (Å²) in [5.74, 6) is 2.42. The SMILES string of the molecule is CC1CC(C)CC(C(=O)C2CCOC2C)C1. The second-order valence-corrected chi connectivity index (χ2v) is 5.99. The third-order valence-corrected chi connectivity index (χ3v) is 4.32. The molecule has 0 bridgehead atoms. The average Bonchev–Trinajstić information content (AvgIpc) is 2.62. The standard InChI is InChI=1S/C14H24O2/c1-9-6-10(2)8-12(7-9)14(15)13-4-5-16-11(13)3/h9-13H,4-8H2,1-3H3. The summed E-state index contributed by atoms with van der Waals surface area (Å²) in [7, 11) is 0. The highest BCUT2D eigenvalue weighted by Crippen LogP contribution is 2.36. The molecule has 0 aromatic carbocycles. The van der Waals surface area contributed by atoms with Crippen molar-refractivity contribution < 1.29 is 9.53 Å². The Hall–Kier alpha value is -0.370. The molecule has 1 saturated carbocycles. The fourth-order valence-electron chi connectivity index (χ4n) is 3.59. The maximum Gasteiger partial charge on any atom is 0.141 e. The first-order chi connectivity index (χ1) is 7.58. The van der Waals surface area contributed by atoms with Gasteiger partial charge in [0.05, 0.1) is 6.10 Å². The summed E-state index contributed by atoms with van der Waals surface area (Å²) in [4.78, 5) is 12.4. The average molecular weight is 224 g/mol. The van der Waals surface area contributed by atoms with E-state index in [-0.39, 0.29) is 12.0 Å². The van der Waals surface area contributed by atoms with Crippen LogP contribution in [0.1, 0.15) is 46.5 Å². The predicted molar refractivity (Wildman–Crippen MR) is 64.2 cm³/mol. The molecule has 4 unspecified atom stereocenters. The van der Waals surface area contributed by atoms with Crippen molar-refractivity contribution in [3.63, 3.8) is 0 Å². The van der Waals surface area contributed by atoms with Crippen LogP contribution in [0.15, 0.2) is 0 Å². The normalized spacial score (nSPS) is 44.6. The third-order valence-electron chi connectivity index (χ3n) is 4.32. The van der Waals surface area contributed by atoms with Gasteiger partial charge in [0.15, 0.2) is 0 Å². The zero-order valence-corrected chi connectivity index (χ0v) is 10.7. The molecule has 1 aliphatic carbocycles. The van der Waals surface area contributed by atoms with Gasteiger partial charge in [-0.3, -0.25) is 4.79 Å². The molecule has 1 saturated heterocycles. The molecule has 0 amide bonds. The summed E-state index contributed by atoms with van der Waals surface area (Å²) < 4.78 is 5.51. The molecule has 16 heavy (non-hydrogen) atoms. The molecule has 0 aromatic rings. The first-order valence-corrected chi connectivity index (χ1v) is 6.73. The van der Waals surface area contributed by atoms with Crippen molar-refractivity contribution in [1.29, 1.82) is 0 Å². The second-order valence-electron chi connectivity index (χ2n) is 5.99. The van der Waals surface area contributed by atoms with Crippen LogP contribution in [0.25, 0.3) is 0 Å². The van der Waals surface area contributed by atoms with Gasteiger partial charge < -0.3 is 4.74 Å². The maximum absolute atomic E-state index is 12.4. The highest BCUT2D eigenvalue weighted by atomic mass is 16.5. The van der Waals surface area contributed by atoms with E-state index in [9.17, 15) is 4.79 Å². The smallest absolute Gasteiger partial charge is 0.141 e. The molecule has 0 N–H and O–H groups in total. The van der Waals surface area contributed by atoms with Gasteiger partial charge in [0.2, 0.25) is 0 Å². The molecule has 2 aliphatic rings. The van der Waals surface area contributed by atoms with Crippen molar-refractivity contribution >= 4 is 5.78 Å². The van der Waals surface area contributed by atoms with Crippen molar-refractivity contribution in [3.05, 3.63) is 0 Å². The molecule has 1 aliphatic heterocycles. The van der Waals surface area contributed by atoms with Gasteiger partial charge in [0.1, 0.15) is 5.78 Å². The van der Waals surface area contributed by atoms with E-state index in [4.69, 9.17) is 4.74 Å². The highest BCUT2D eigenvalue weighted by molar-refractivity contribution is 5.84. The zero-order valence-electron chi connectivity index (χ0n) is 10.7. The fraction of sp³-hybridized carbons (Fsp3) is 0.929. The molecule has 1 heterocycles. The Balaban J connectivity index is 1.98. The highest BCUT2D eigenvalue weighted by Gasteiger charge is 2.37. The second kappa shape index (κ2) is 4.87. The van der Waals surface area contributed by atoms with Gasteiger partial charge in [-0.2, -0.15) is 0 Å². The summed E-state index contributed by atoms with van der Waals surface area (Å²) in [6.07, 6.45) is 4.60. The van der Waals surface area contributed by atoms with Crippen molar-refractivity contribution in [2.24, 2.45) is 23.7 Å². The van der Waals surface area contributed by atoms with Gasteiger partial charge in [-0.15, -0.1) is 0 Å². The number of ether oxygens (including phenoxy) is 1. The topological polar surface area (TPSA) is 26.3 Å². The van der Waals surface area contributed by atoms with Crippen molar-refractivity contribution in [2.45, 2.75) is 52.6 Å². The van der Waals surface area contributed by atoms with Gasteiger partial charge in [-0.05, 0) is 44.4 Å². The van der Waals surface area contributed by atoms with E-state index in [0.717, 1.165) is 37.7 Å². The molecule has 4 atom stereocenters. The first kappa shape index (κ1) is 12.1. The van der Waals surface area contributed by atoms with Crippen LogP contribution in [-0.2, 0) is 9.53 Å². The number of carbonyl (C=O) groups excluding carboxylic acids is 1. The first-order valence-electron chi connectivity index (χ1n) is 6.73. The van der Waals surface area contributed by atoms with E-state index in [1.165, 1.54) is 6.42 Å². The Morgan fingerprint density at radius 1 is 1.06 bits per heavy atom. The summed E-state index contributed by atoms with van der Waals surface area (Å²) >= 11 is 0. The van der Waals surface area contributed by atoms with Crippen LogP contribution >= 0.6 is 0 Å². The minimum absolute atomic E-state index is 0.153. The van der Waals surface area contributed by atoms with Crippen LogP contribution < -0.4 is 0 Å². The Kier molecular flexibility index (Phi) is 3.68. The molecule has 0 aromatic heterocycles.